The molecule has 2 aromatic carbocycles. The molecule has 1 aromatic heterocycles. The second kappa shape index (κ2) is 8.50. The molecule has 1 saturated heterocycles. The second-order valence-electron chi connectivity index (χ2n) is 7.63. The van der Waals surface area contributed by atoms with Crippen LogP contribution in [-0.2, 0) is 16.0 Å². The topological polar surface area (TPSA) is 129 Å². The minimum Gasteiger partial charge on any atom is -0.368 e. The fraction of sp³-hybridized carbons (Fsp3) is 0.300. The first-order chi connectivity index (χ1) is 15.5. The minimum absolute atomic E-state index is 0.0483. The smallest absolute Gasteiger partial charge is 0.368 e. The summed E-state index contributed by atoms with van der Waals surface area (Å²) in [6.45, 7) is 1.10. The van der Waals surface area contributed by atoms with E-state index in [0.29, 0.717) is 13.0 Å². The molecule has 1 aliphatic heterocycles. The zero-order valence-corrected chi connectivity index (χ0v) is 18.7. The Morgan fingerprint density at radius 2 is 1.85 bits per heavy atom. The summed E-state index contributed by atoms with van der Waals surface area (Å²) < 4.78 is 68.6. The third-order valence-corrected chi connectivity index (χ3v) is 7.94. The molecule has 1 fully saturated rings. The third kappa shape index (κ3) is 4.50. The lowest BCUT2D eigenvalue weighted by atomic mass is 9.98. The summed E-state index contributed by atoms with van der Waals surface area (Å²) in [6, 6.07) is 7.35. The third-order valence-electron chi connectivity index (χ3n) is 5.44. The van der Waals surface area contributed by atoms with Crippen molar-refractivity contribution in [2.45, 2.75) is 29.2 Å². The Bertz CT molecular complexity index is 1290. The highest BCUT2D eigenvalue weighted by molar-refractivity contribution is 7.92. The minimum atomic E-state index is -4.77. The van der Waals surface area contributed by atoms with Crippen LogP contribution in [0.4, 0.5) is 25.1 Å². The molecule has 0 saturated carbocycles. The van der Waals surface area contributed by atoms with Gasteiger partial charge in [-0.25, -0.2) is 8.42 Å². The number of sulfone groups is 1. The predicted molar refractivity (Wildman–Crippen MR) is 119 cm³/mol. The van der Waals surface area contributed by atoms with Crippen molar-refractivity contribution in [3.63, 3.8) is 0 Å². The molecule has 0 amide bonds. The van der Waals surface area contributed by atoms with E-state index in [0.717, 1.165) is 23.7 Å². The van der Waals surface area contributed by atoms with E-state index in [1.54, 1.807) is 0 Å². The van der Waals surface area contributed by atoms with Crippen molar-refractivity contribution >= 4 is 33.3 Å². The van der Waals surface area contributed by atoms with Crippen molar-refractivity contribution in [2.75, 3.05) is 24.6 Å². The van der Waals surface area contributed by atoms with Crippen LogP contribution in [0.3, 0.4) is 0 Å². The standard InChI is InChI=1S/C20H20ClF3N6O2S/c21-16-9-12(30-19(26)28-18(25)29-30)8-15(20(22,23)24)17(16)11-3-5-13(6-4-11)33(31,32)14-2-1-7-27-10-14/h3-6,8-9,14,27H,1-2,7,10H2,(H4,25,26,28,29). The average molecular weight is 501 g/mol. The first kappa shape index (κ1) is 23.3. The molecule has 2 heterocycles. The van der Waals surface area contributed by atoms with Gasteiger partial charge in [-0.15, -0.1) is 5.10 Å². The van der Waals surface area contributed by atoms with Crippen LogP contribution in [0.1, 0.15) is 18.4 Å². The van der Waals surface area contributed by atoms with Crippen LogP contribution >= 0.6 is 11.6 Å². The molecule has 0 radical (unpaired) electrons. The van der Waals surface area contributed by atoms with E-state index in [9.17, 15) is 21.6 Å². The Hall–Kier alpha value is -2.83. The number of nitrogen functional groups attached to an aromatic ring is 2. The number of hydrogen-bond acceptors (Lipinski definition) is 7. The van der Waals surface area contributed by atoms with Gasteiger partial charge in [0.15, 0.2) is 9.84 Å². The highest BCUT2D eigenvalue weighted by Crippen LogP contribution is 2.43. The van der Waals surface area contributed by atoms with Crippen LogP contribution < -0.4 is 16.8 Å². The maximum atomic E-state index is 14.0. The fourth-order valence-electron chi connectivity index (χ4n) is 3.85. The van der Waals surface area contributed by atoms with E-state index < -0.39 is 26.8 Å². The van der Waals surface area contributed by atoms with Gasteiger partial charge in [-0.1, -0.05) is 23.7 Å². The number of benzene rings is 2. The summed E-state index contributed by atoms with van der Waals surface area (Å²) >= 11 is 6.28. The number of piperidine rings is 1. The first-order valence-corrected chi connectivity index (χ1v) is 11.8. The summed E-state index contributed by atoms with van der Waals surface area (Å²) in [5.74, 6) is -0.401. The van der Waals surface area contributed by atoms with Crippen molar-refractivity contribution in [3.8, 4) is 16.8 Å². The van der Waals surface area contributed by atoms with Crippen molar-refractivity contribution in [2.24, 2.45) is 0 Å². The molecule has 5 N–H and O–H groups in total. The summed E-state index contributed by atoms with van der Waals surface area (Å²) in [6.07, 6.45) is -3.51. The van der Waals surface area contributed by atoms with Crippen LogP contribution in [0.5, 0.6) is 0 Å². The van der Waals surface area contributed by atoms with Crippen molar-refractivity contribution in [1.29, 1.82) is 0 Å². The zero-order chi connectivity index (χ0) is 24.0. The molecule has 1 atom stereocenters. The van der Waals surface area contributed by atoms with Gasteiger partial charge in [-0.3, -0.25) is 0 Å². The second-order valence-corrected chi connectivity index (χ2v) is 10.3. The fourth-order valence-corrected chi connectivity index (χ4v) is 5.89. The maximum Gasteiger partial charge on any atom is 0.417 e. The summed E-state index contributed by atoms with van der Waals surface area (Å²) in [4.78, 5) is 3.73. The predicted octanol–water partition coefficient (Wildman–Crippen LogP) is 3.30. The van der Waals surface area contributed by atoms with E-state index in [4.69, 9.17) is 23.1 Å². The zero-order valence-electron chi connectivity index (χ0n) is 17.1. The van der Waals surface area contributed by atoms with E-state index in [2.05, 4.69) is 15.4 Å². The molecular weight excluding hydrogens is 481 g/mol. The summed E-state index contributed by atoms with van der Waals surface area (Å²) in [5.41, 5.74) is 9.87. The van der Waals surface area contributed by atoms with Gasteiger partial charge < -0.3 is 16.8 Å². The van der Waals surface area contributed by atoms with Gasteiger partial charge in [0.1, 0.15) is 0 Å². The van der Waals surface area contributed by atoms with Crippen LogP contribution in [-0.4, -0.2) is 41.5 Å². The first-order valence-electron chi connectivity index (χ1n) is 9.92. The molecule has 4 rings (SSSR count). The molecule has 33 heavy (non-hydrogen) atoms. The lowest BCUT2D eigenvalue weighted by Gasteiger charge is -2.23. The molecule has 1 aliphatic rings. The van der Waals surface area contributed by atoms with E-state index >= 15 is 0 Å². The van der Waals surface area contributed by atoms with Gasteiger partial charge in [-0.2, -0.15) is 22.8 Å². The van der Waals surface area contributed by atoms with E-state index in [1.807, 2.05) is 0 Å². The van der Waals surface area contributed by atoms with Gasteiger partial charge >= 0.3 is 6.18 Å². The van der Waals surface area contributed by atoms with Crippen LogP contribution in [0, 0.1) is 0 Å². The number of anilines is 2. The molecule has 0 aliphatic carbocycles. The Morgan fingerprint density at radius 1 is 1.15 bits per heavy atom. The lowest BCUT2D eigenvalue weighted by molar-refractivity contribution is -0.137. The van der Waals surface area contributed by atoms with E-state index in [1.165, 1.54) is 30.3 Å². The van der Waals surface area contributed by atoms with Crippen molar-refractivity contribution < 1.29 is 21.6 Å². The molecule has 0 spiro atoms. The van der Waals surface area contributed by atoms with Crippen molar-refractivity contribution in [3.05, 3.63) is 47.0 Å². The molecule has 1 unspecified atom stereocenters. The number of rotatable bonds is 4. The van der Waals surface area contributed by atoms with Gasteiger partial charge in [0.05, 0.1) is 26.4 Å². The molecule has 176 valence electrons. The molecule has 13 heteroatoms. The monoisotopic (exact) mass is 500 g/mol. The number of nitrogens with one attached hydrogen (secondary N) is 1. The molecule has 0 bridgehead atoms. The van der Waals surface area contributed by atoms with Gasteiger partial charge in [0, 0.05) is 12.1 Å². The van der Waals surface area contributed by atoms with Crippen molar-refractivity contribution in [1.82, 2.24) is 20.1 Å². The number of halogens is 4. The Morgan fingerprint density at radius 3 is 2.39 bits per heavy atom. The molecule has 8 nitrogen and oxygen atoms in total. The summed E-state index contributed by atoms with van der Waals surface area (Å²) in [7, 11) is -3.62. The van der Waals surface area contributed by atoms with Gasteiger partial charge in [-0.05, 0) is 49.2 Å². The Balaban J connectivity index is 1.78. The normalized spacial score (nSPS) is 17.3. The lowest BCUT2D eigenvalue weighted by Crippen LogP contribution is -2.38. The SMILES string of the molecule is Nc1nc(N)n(-c2cc(Cl)c(-c3ccc(S(=O)(=O)C4CCCNC4)cc3)c(C(F)(F)F)c2)n1. The van der Waals surface area contributed by atoms with Gasteiger partial charge in [0.25, 0.3) is 0 Å². The van der Waals surface area contributed by atoms with Crippen LogP contribution in [0.25, 0.3) is 16.8 Å². The number of nitrogens with two attached hydrogens (primary N) is 2. The highest BCUT2D eigenvalue weighted by atomic mass is 35.5. The van der Waals surface area contributed by atoms with Crippen LogP contribution in [0.15, 0.2) is 41.3 Å². The van der Waals surface area contributed by atoms with E-state index in [-0.39, 0.29) is 38.6 Å². The highest BCUT2D eigenvalue weighted by Gasteiger charge is 2.36. The number of nitrogens with zero attached hydrogens (tertiary/aromatic N) is 3. The molecule has 3 aromatic rings. The number of aromatic nitrogens is 3. The Labute approximate surface area is 192 Å². The quantitative estimate of drug-likeness (QED) is 0.501. The molecular formula is C20H20ClF3N6O2S. The maximum absolute atomic E-state index is 14.0. The average Bonchev–Trinajstić information content (AvgIpc) is 3.11. The Kier molecular flexibility index (Phi) is 6.01. The van der Waals surface area contributed by atoms with Crippen LogP contribution in [0.2, 0.25) is 5.02 Å². The number of alkyl halides is 3. The van der Waals surface area contributed by atoms with Gasteiger partial charge in [0.2, 0.25) is 11.9 Å². The largest absolute Gasteiger partial charge is 0.417 e. The number of hydrogen-bond donors (Lipinski definition) is 3. The summed E-state index contributed by atoms with van der Waals surface area (Å²) in [5, 5.41) is 6.05.